The molecule has 4 heterocycles. The first-order chi connectivity index (χ1) is 12.2. The third kappa shape index (κ3) is 3.04. The van der Waals surface area contributed by atoms with Crippen LogP contribution in [0.2, 0.25) is 0 Å². The number of rotatable bonds is 3. The second-order valence-electron chi connectivity index (χ2n) is 7.13. The van der Waals surface area contributed by atoms with Gasteiger partial charge in [0, 0.05) is 30.0 Å². The average Bonchev–Trinajstić information content (AvgIpc) is 3.15. The van der Waals surface area contributed by atoms with Crippen molar-refractivity contribution in [1.82, 2.24) is 14.8 Å². The number of hydrogen-bond acceptors (Lipinski definition) is 3. The highest BCUT2D eigenvalue weighted by Crippen LogP contribution is 2.32. The number of amides is 1. The average molecular weight is 339 g/mol. The van der Waals surface area contributed by atoms with E-state index in [2.05, 4.69) is 17.1 Å². The van der Waals surface area contributed by atoms with Crippen LogP contribution >= 0.6 is 0 Å². The van der Waals surface area contributed by atoms with Crippen molar-refractivity contribution in [2.24, 2.45) is 5.92 Å². The van der Waals surface area contributed by atoms with E-state index < -0.39 is 0 Å². The van der Waals surface area contributed by atoms with E-state index in [1.807, 2.05) is 42.7 Å². The van der Waals surface area contributed by atoms with Gasteiger partial charge in [-0.25, -0.2) is 4.79 Å². The van der Waals surface area contributed by atoms with Gasteiger partial charge in [-0.05, 0) is 62.5 Å². The van der Waals surface area contributed by atoms with Crippen molar-refractivity contribution in [3.05, 3.63) is 42.7 Å². The van der Waals surface area contributed by atoms with E-state index in [9.17, 15) is 4.79 Å². The van der Waals surface area contributed by atoms with E-state index in [1.165, 1.54) is 25.9 Å². The molecule has 2 aromatic rings. The van der Waals surface area contributed by atoms with Crippen molar-refractivity contribution in [2.45, 2.75) is 31.8 Å². The zero-order chi connectivity index (χ0) is 17.4. The van der Waals surface area contributed by atoms with Gasteiger partial charge in [0.15, 0.2) is 0 Å². The zero-order valence-electron chi connectivity index (χ0n) is 14.8. The maximum Gasteiger partial charge on any atom is 0.325 e. The minimum Gasteiger partial charge on any atom is -0.497 e. The molecule has 5 nitrogen and oxygen atoms in total. The third-order valence-corrected chi connectivity index (χ3v) is 5.80. The first-order valence-corrected chi connectivity index (χ1v) is 9.03. The Balaban J connectivity index is 1.49. The molecule has 2 atom stereocenters. The molecule has 0 unspecified atom stereocenters. The molecule has 5 heteroatoms. The fraction of sp³-hybridized carbons (Fsp3) is 0.450. The summed E-state index contributed by atoms with van der Waals surface area (Å²) in [6.45, 7) is 4.57. The molecule has 1 aromatic carbocycles. The van der Waals surface area contributed by atoms with Gasteiger partial charge in [-0.2, -0.15) is 0 Å². The molecule has 2 bridgehead atoms. The number of hydrogen-bond donors (Lipinski definition) is 1. The predicted molar refractivity (Wildman–Crippen MR) is 97.9 cm³/mol. The van der Waals surface area contributed by atoms with Crippen LogP contribution in [0, 0.1) is 5.92 Å². The fourth-order valence-corrected chi connectivity index (χ4v) is 4.26. The van der Waals surface area contributed by atoms with Gasteiger partial charge in [-0.1, -0.05) is 12.1 Å². The summed E-state index contributed by atoms with van der Waals surface area (Å²) >= 11 is 0. The van der Waals surface area contributed by atoms with Gasteiger partial charge in [-0.15, -0.1) is 0 Å². The molecule has 3 fully saturated rings. The largest absolute Gasteiger partial charge is 0.497 e. The highest BCUT2D eigenvalue weighted by molar-refractivity contribution is 5.79. The molecule has 0 aliphatic carbocycles. The molecule has 25 heavy (non-hydrogen) atoms. The van der Waals surface area contributed by atoms with Gasteiger partial charge in [0.05, 0.1) is 7.11 Å². The van der Waals surface area contributed by atoms with E-state index in [0.717, 1.165) is 16.9 Å². The minimum atomic E-state index is -0.0419. The smallest absolute Gasteiger partial charge is 0.325 e. The summed E-state index contributed by atoms with van der Waals surface area (Å²) in [7, 11) is 1.66. The van der Waals surface area contributed by atoms with E-state index >= 15 is 0 Å². The second kappa shape index (κ2) is 6.56. The lowest BCUT2D eigenvalue weighted by atomic mass is 9.79. The van der Waals surface area contributed by atoms with E-state index in [0.29, 0.717) is 12.0 Å². The molecule has 1 amide bonds. The minimum absolute atomic E-state index is 0.0419. The number of ether oxygens (including phenoxy) is 1. The van der Waals surface area contributed by atoms with E-state index in [1.54, 1.807) is 11.7 Å². The van der Waals surface area contributed by atoms with Crippen LogP contribution in [0.4, 0.5) is 4.79 Å². The number of nitrogens with one attached hydrogen (secondary N) is 1. The highest BCUT2D eigenvalue weighted by Gasteiger charge is 2.40. The molecule has 5 rings (SSSR count). The summed E-state index contributed by atoms with van der Waals surface area (Å²) in [6.07, 6.45) is 6.10. The number of carbonyl (C=O) groups excluding carboxylic acids is 1. The highest BCUT2D eigenvalue weighted by atomic mass is 16.5. The van der Waals surface area contributed by atoms with Gasteiger partial charge < -0.3 is 10.1 Å². The summed E-state index contributed by atoms with van der Waals surface area (Å²) in [6, 6.07) is 10.5. The number of piperidine rings is 3. The van der Waals surface area contributed by atoms with Crippen molar-refractivity contribution in [3.8, 4) is 16.9 Å². The monoisotopic (exact) mass is 339 g/mol. The Morgan fingerprint density at radius 2 is 2.00 bits per heavy atom. The summed E-state index contributed by atoms with van der Waals surface area (Å²) in [4.78, 5) is 15.2. The van der Waals surface area contributed by atoms with Crippen molar-refractivity contribution in [1.29, 1.82) is 0 Å². The van der Waals surface area contributed by atoms with Crippen molar-refractivity contribution in [2.75, 3.05) is 20.2 Å². The summed E-state index contributed by atoms with van der Waals surface area (Å²) in [5.41, 5.74) is 2.05. The molecule has 0 spiro atoms. The Bertz CT molecular complexity index is 760. The van der Waals surface area contributed by atoms with Crippen LogP contribution in [-0.2, 0) is 0 Å². The first-order valence-electron chi connectivity index (χ1n) is 9.03. The first kappa shape index (κ1) is 16.2. The maximum atomic E-state index is 12.7. The second-order valence-corrected chi connectivity index (χ2v) is 7.13. The zero-order valence-corrected chi connectivity index (χ0v) is 14.8. The Kier molecular flexibility index (Phi) is 4.25. The predicted octanol–water partition coefficient (Wildman–Crippen LogP) is 3.20. The van der Waals surface area contributed by atoms with E-state index in [-0.39, 0.29) is 12.1 Å². The number of aromatic nitrogens is 1. The maximum absolute atomic E-state index is 12.7. The van der Waals surface area contributed by atoms with Crippen LogP contribution < -0.4 is 10.1 Å². The summed E-state index contributed by atoms with van der Waals surface area (Å²) < 4.78 is 6.93. The van der Waals surface area contributed by atoms with Crippen LogP contribution in [0.3, 0.4) is 0 Å². The molecule has 3 saturated heterocycles. The molecular formula is C20H25N3O2. The van der Waals surface area contributed by atoms with E-state index in [4.69, 9.17) is 4.74 Å². The SMILES string of the molecule is COc1cccc(-c2ccn(C(=O)N[C@@H]3C4CCN(CC4)[C@H]3C)c2)c1. The van der Waals surface area contributed by atoms with Crippen molar-refractivity contribution in [3.63, 3.8) is 0 Å². The third-order valence-electron chi connectivity index (χ3n) is 5.80. The van der Waals surface area contributed by atoms with Gasteiger partial charge in [0.2, 0.25) is 0 Å². The molecular weight excluding hydrogens is 314 g/mol. The van der Waals surface area contributed by atoms with Gasteiger partial charge in [0.25, 0.3) is 0 Å². The number of fused-ring (bicyclic) bond motifs is 3. The van der Waals surface area contributed by atoms with Gasteiger partial charge in [0.1, 0.15) is 5.75 Å². The Morgan fingerprint density at radius 3 is 2.72 bits per heavy atom. The Labute approximate surface area is 148 Å². The van der Waals surface area contributed by atoms with Crippen LogP contribution in [0.5, 0.6) is 5.75 Å². The van der Waals surface area contributed by atoms with Crippen LogP contribution in [0.15, 0.2) is 42.7 Å². The van der Waals surface area contributed by atoms with Crippen molar-refractivity contribution >= 4 is 6.03 Å². The lowest BCUT2D eigenvalue weighted by Crippen LogP contribution is -2.62. The lowest BCUT2D eigenvalue weighted by Gasteiger charge is -2.49. The van der Waals surface area contributed by atoms with Crippen LogP contribution in [0.25, 0.3) is 11.1 Å². The Hall–Kier alpha value is -2.27. The molecule has 1 N–H and O–H groups in total. The number of methoxy groups -OCH3 is 1. The molecule has 132 valence electrons. The lowest BCUT2D eigenvalue weighted by molar-refractivity contribution is 0.0267. The van der Waals surface area contributed by atoms with Gasteiger partial charge >= 0.3 is 6.03 Å². The molecule has 3 aliphatic heterocycles. The number of carbonyl (C=O) groups is 1. The molecule has 3 aliphatic rings. The van der Waals surface area contributed by atoms with Crippen LogP contribution in [-0.4, -0.2) is 47.8 Å². The topological polar surface area (TPSA) is 46.5 Å². The quantitative estimate of drug-likeness (QED) is 0.934. The van der Waals surface area contributed by atoms with Crippen molar-refractivity contribution < 1.29 is 9.53 Å². The van der Waals surface area contributed by atoms with Crippen LogP contribution in [0.1, 0.15) is 19.8 Å². The number of benzene rings is 1. The Morgan fingerprint density at radius 1 is 1.20 bits per heavy atom. The fourth-order valence-electron chi connectivity index (χ4n) is 4.26. The summed E-state index contributed by atoms with van der Waals surface area (Å²) in [5.74, 6) is 1.42. The van der Waals surface area contributed by atoms with Gasteiger partial charge in [-0.3, -0.25) is 9.47 Å². The number of nitrogens with zero attached hydrogens (tertiary/aromatic N) is 2. The molecule has 0 saturated carbocycles. The molecule has 0 radical (unpaired) electrons. The normalized spacial score (nSPS) is 27.9. The standard InChI is InChI=1S/C20H25N3O2/c1-14-19(15-6-9-22(14)10-7-15)21-20(24)23-11-8-17(13-23)16-4-3-5-18(12-16)25-2/h3-5,8,11-15,19H,6-7,9-10H2,1-2H3,(H,21,24)/t14-,19-/m0/s1. The summed E-state index contributed by atoms with van der Waals surface area (Å²) in [5, 5.41) is 3.26. The molecule has 1 aromatic heterocycles.